The fourth-order valence-electron chi connectivity index (χ4n) is 1.35. The number of aryl methyl sites for hydroxylation is 1. The van der Waals surface area contributed by atoms with Gasteiger partial charge in [0.05, 0.1) is 0 Å². The number of rotatable bonds is 3. The minimum atomic E-state index is -1.28. The van der Waals surface area contributed by atoms with E-state index in [1.54, 1.807) is 17.4 Å². The zero-order valence-electron chi connectivity index (χ0n) is 9.51. The lowest BCUT2D eigenvalue weighted by Crippen LogP contribution is -2.18. The first-order valence-electron chi connectivity index (χ1n) is 5.13. The second-order valence-electron chi connectivity index (χ2n) is 3.60. The molecule has 2 rings (SSSR count). The molecule has 0 atom stereocenters. The molecule has 0 radical (unpaired) electrons. The summed E-state index contributed by atoms with van der Waals surface area (Å²) in [6.45, 7) is 2.00. The molecule has 0 saturated carbocycles. The first-order chi connectivity index (χ1) is 8.56. The summed E-state index contributed by atoms with van der Waals surface area (Å²) in [4.78, 5) is 30.5. The molecular weight excluding hydrogens is 252 g/mol. The molecule has 0 spiro atoms. The molecule has 6 heteroatoms. The molecule has 2 N–H and O–H groups in total. The Labute approximate surface area is 106 Å². The van der Waals surface area contributed by atoms with Crippen molar-refractivity contribution >= 4 is 29.5 Å². The van der Waals surface area contributed by atoms with E-state index in [0.29, 0.717) is 5.82 Å². The van der Waals surface area contributed by atoms with Gasteiger partial charge in [0, 0.05) is 16.0 Å². The van der Waals surface area contributed by atoms with Crippen LogP contribution in [0.4, 0.5) is 0 Å². The number of carbonyl (C=O) groups is 1. The molecular formula is C12H10N2O3S. The molecule has 18 heavy (non-hydrogen) atoms. The zero-order chi connectivity index (χ0) is 13.1. The first kappa shape index (κ1) is 12.3. The van der Waals surface area contributed by atoms with Crippen LogP contribution in [-0.2, 0) is 0 Å². The van der Waals surface area contributed by atoms with E-state index in [4.69, 9.17) is 5.11 Å². The zero-order valence-corrected chi connectivity index (χ0v) is 10.3. The Morgan fingerprint density at radius 3 is 2.78 bits per heavy atom. The van der Waals surface area contributed by atoms with Crippen LogP contribution in [-0.4, -0.2) is 21.0 Å². The van der Waals surface area contributed by atoms with E-state index in [0.717, 1.165) is 11.1 Å². The van der Waals surface area contributed by atoms with Crippen molar-refractivity contribution in [2.24, 2.45) is 0 Å². The predicted molar refractivity (Wildman–Crippen MR) is 69.8 cm³/mol. The van der Waals surface area contributed by atoms with Crippen LogP contribution in [0.3, 0.4) is 0 Å². The minimum Gasteiger partial charge on any atom is -0.477 e. The van der Waals surface area contributed by atoms with Crippen molar-refractivity contribution < 1.29 is 9.90 Å². The van der Waals surface area contributed by atoms with Crippen LogP contribution >= 0.6 is 11.3 Å². The number of carboxylic acid groups (broad SMARTS) is 1. The van der Waals surface area contributed by atoms with Gasteiger partial charge in [0.2, 0.25) is 0 Å². The van der Waals surface area contributed by atoms with Gasteiger partial charge < -0.3 is 10.1 Å². The maximum Gasteiger partial charge on any atom is 0.342 e. The smallest absolute Gasteiger partial charge is 0.342 e. The number of aromatic carboxylic acids is 1. The number of aromatic nitrogens is 2. The van der Waals surface area contributed by atoms with Crippen molar-refractivity contribution in [3.63, 3.8) is 0 Å². The molecule has 2 aromatic rings. The average Bonchev–Trinajstić information content (AvgIpc) is 2.72. The summed E-state index contributed by atoms with van der Waals surface area (Å²) >= 11 is 1.62. The Kier molecular flexibility index (Phi) is 3.38. The largest absolute Gasteiger partial charge is 0.477 e. The number of hydrogen-bond acceptors (Lipinski definition) is 4. The number of nitrogens with zero attached hydrogens (tertiary/aromatic N) is 1. The van der Waals surface area contributed by atoms with Gasteiger partial charge >= 0.3 is 5.97 Å². The van der Waals surface area contributed by atoms with Gasteiger partial charge in [-0.25, -0.2) is 9.78 Å². The first-order valence-corrected chi connectivity index (χ1v) is 5.95. The lowest BCUT2D eigenvalue weighted by Gasteiger charge is -1.94. The molecule has 2 heterocycles. The summed E-state index contributed by atoms with van der Waals surface area (Å²) in [5, 5.41) is 8.69. The highest BCUT2D eigenvalue weighted by Crippen LogP contribution is 2.17. The van der Waals surface area contributed by atoms with Crippen LogP contribution < -0.4 is 5.56 Å². The van der Waals surface area contributed by atoms with E-state index < -0.39 is 11.5 Å². The van der Waals surface area contributed by atoms with E-state index in [1.165, 1.54) is 4.88 Å². The maximum atomic E-state index is 11.4. The van der Waals surface area contributed by atoms with Gasteiger partial charge in [0.15, 0.2) is 0 Å². The van der Waals surface area contributed by atoms with Crippen LogP contribution in [0.5, 0.6) is 0 Å². The van der Waals surface area contributed by atoms with Crippen LogP contribution in [0.15, 0.2) is 23.1 Å². The molecule has 0 aliphatic rings. The average molecular weight is 262 g/mol. The van der Waals surface area contributed by atoms with Crippen molar-refractivity contribution in [1.82, 2.24) is 9.97 Å². The summed E-state index contributed by atoms with van der Waals surface area (Å²) in [6.07, 6.45) is 4.51. The summed E-state index contributed by atoms with van der Waals surface area (Å²) in [5.74, 6) is -0.954. The van der Waals surface area contributed by atoms with E-state index in [1.807, 2.05) is 25.1 Å². The standard InChI is InChI=1S/C12H10N2O3S/c1-7-2-3-8(18-7)4-5-10-13-6-9(12(16)17)11(15)14-10/h2-6H,1H3,(H,16,17)(H,13,14,15)/b5-4+. The number of carboxylic acids is 1. The van der Waals surface area contributed by atoms with Crippen molar-refractivity contribution in [2.75, 3.05) is 0 Å². The maximum absolute atomic E-state index is 11.4. The Morgan fingerprint density at radius 1 is 1.44 bits per heavy atom. The SMILES string of the molecule is Cc1ccc(/C=C/c2ncc(C(=O)O)c(=O)[nH]2)s1. The fraction of sp³-hybridized carbons (Fsp3) is 0.0833. The van der Waals surface area contributed by atoms with E-state index in [-0.39, 0.29) is 5.56 Å². The van der Waals surface area contributed by atoms with Gasteiger partial charge in [-0.3, -0.25) is 4.79 Å². The molecule has 2 aromatic heterocycles. The predicted octanol–water partition coefficient (Wildman–Crippen LogP) is 2.01. The molecule has 0 aliphatic heterocycles. The third kappa shape index (κ3) is 2.72. The molecule has 0 aliphatic carbocycles. The van der Waals surface area contributed by atoms with Crippen LogP contribution in [0, 0.1) is 6.92 Å². The number of nitrogens with one attached hydrogen (secondary N) is 1. The molecule has 0 amide bonds. The number of hydrogen-bond donors (Lipinski definition) is 2. The second-order valence-corrected chi connectivity index (χ2v) is 4.92. The summed E-state index contributed by atoms with van der Waals surface area (Å²) < 4.78 is 0. The molecule has 92 valence electrons. The summed E-state index contributed by atoms with van der Waals surface area (Å²) in [6, 6.07) is 3.95. The molecule has 0 fully saturated rings. The quantitative estimate of drug-likeness (QED) is 0.886. The van der Waals surface area contributed by atoms with Gasteiger partial charge in [-0.15, -0.1) is 11.3 Å². The van der Waals surface area contributed by atoms with Crippen molar-refractivity contribution in [3.05, 3.63) is 49.8 Å². The third-order valence-corrected chi connectivity index (χ3v) is 3.18. The minimum absolute atomic E-state index is 0.330. The van der Waals surface area contributed by atoms with Crippen LogP contribution in [0.2, 0.25) is 0 Å². The summed E-state index contributed by atoms with van der Waals surface area (Å²) in [7, 11) is 0. The molecule has 0 saturated heterocycles. The highest BCUT2D eigenvalue weighted by atomic mass is 32.1. The second kappa shape index (κ2) is 4.97. The van der Waals surface area contributed by atoms with Gasteiger partial charge in [0.25, 0.3) is 5.56 Å². The van der Waals surface area contributed by atoms with E-state index in [2.05, 4.69) is 9.97 Å². The lowest BCUT2D eigenvalue weighted by atomic mass is 10.3. The monoisotopic (exact) mass is 262 g/mol. The highest BCUT2D eigenvalue weighted by molar-refractivity contribution is 7.12. The number of thiophene rings is 1. The topological polar surface area (TPSA) is 83.0 Å². The molecule has 0 bridgehead atoms. The molecule has 0 unspecified atom stereocenters. The van der Waals surface area contributed by atoms with Crippen LogP contribution in [0.1, 0.15) is 25.9 Å². The van der Waals surface area contributed by atoms with Gasteiger partial charge in [-0.2, -0.15) is 0 Å². The van der Waals surface area contributed by atoms with Crippen LogP contribution in [0.25, 0.3) is 12.2 Å². The van der Waals surface area contributed by atoms with E-state index in [9.17, 15) is 9.59 Å². The highest BCUT2D eigenvalue weighted by Gasteiger charge is 2.08. The Hall–Kier alpha value is -2.21. The van der Waals surface area contributed by atoms with Gasteiger partial charge in [-0.05, 0) is 31.2 Å². The molecule has 0 aromatic carbocycles. The Morgan fingerprint density at radius 2 is 2.22 bits per heavy atom. The molecule has 5 nitrogen and oxygen atoms in total. The van der Waals surface area contributed by atoms with Crippen molar-refractivity contribution in [2.45, 2.75) is 6.92 Å². The number of aromatic amines is 1. The normalized spacial score (nSPS) is 10.9. The third-order valence-electron chi connectivity index (χ3n) is 2.22. The van der Waals surface area contributed by atoms with Crippen molar-refractivity contribution in [1.29, 1.82) is 0 Å². The fourth-order valence-corrected chi connectivity index (χ4v) is 2.13. The van der Waals surface area contributed by atoms with Gasteiger partial charge in [-0.1, -0.05) is 0 Å². The van der Waals surface area contributed by atoms with Gasteiger partial charge in [0.1, 0.15) is 11.4 Å². The summed E-state index contributed by atoms with van der Waals surface area (Å²) in [5.41, 5.74) is -1.02. The Bertz CT molecular complexity index is 670. The van der Waals surface area contributed by atoms with E-state index >= 15 is 0 Å². The lowest BCUT2D eigenvalue weighted by molar-refractivity contribution is 0.0694. The Balaban J connectivity index is 2.25. The number of H-pyrrole nitrogens is 1. The van der Waals surface area contributed by atoms with Crippen molar-refractivity contribution in [3.8, 4) is 0 Å².